The molecule has 2 N–H and O–H groups in total. The van der Waals surface area contributed by atoms with Crippen LogP contribution in [0.3, 0.4) is 0 Å². The van der Waals surface area contributed by atoms with E-state index in [4.69, 9.17) is 0 Å². The third kappa shape index (κ3) is 6.08. The highest BCUT2D eigenvalue weighted by Gasteiger charge is 2.35. The van der Waals surface area contributed by atoms with Crippen LogP contribution in [-0.2, 0) is 4.79 Å². The van der Waals surface area contributed by atoms with Gasteiger partial charge in [-0.25, -0.2) is 0 Å². The molecule has 0 unspecified atom stereocenters. The molecule has 0 saturated heterocycles. The molecule has 278 valence electrons. The average Bonchev–Trinajstić information content (AvgIpc) is 3.60. The molecule has 8 aromatic carbocycles. The van der Waals surface area contributed by atoms with E-state index in [-0.39, 0.29) is 11.5 Å². The van der Waals surface area contributed by atoms with Crippen molar-refractivity contribution >= 4 is 66.3 Å². The standard InChI is InChI=1S/C47H34N4O6/c52-46(29-25-30(50(54)55)27-31(26-29)51(56)57)49-45(28-13-2-1-3-14-28)47(53)48-24-12-23-40-41-36-19-8-4-15-32(36)34-17-6-10-21-38(34)43(41)44-39-22-11-7-18-35(39)33-16-5-9-20-37(33)42(40)44/h1-11,13-22,25-27,40,45H,12,23-24H2,(H,48,53)(H,49,52)/t45-/m1/s1. The summed E-state index contributed by atoms with van der Waals surface area (Å²) < 4.78 is 0. The fourth-order valence-electron chi connectivity index (χ4n) is 8.75. The molecule has 9 rings (SSSR count). The van der Waals surface area contributed by atoms with Crippen molar-refractivity contribution in [1.82, 2.24) is 10.6 Å². The molecule has 0 spiro atoms. The Balaban J connectivity index is 1.06. The monoisotopic (exact) mass is 750 g/mol. The highest BCUT2D eigenvalue weighted by atomic mass is 16.6. The van der Waals surface area contributed by atoms with Gasteiger partial charge in [0.05, 0.1) is 21.5 Å². The van der Waals surface area contributed by atoms with Crippen molar-refractivity contribution in [3.63, 3.8) is 0 Å². The lowest BCUT2D eigenvalue weighted by Crippen LogP contribution is -2.40. The number of hydrogen-bond donors (Lipinski definition) is 2. The first kappa shape index (κ1) is 35.3. The quantitative estimate of drug-likeness (QED) is 0.0616. The van der Waals surface area contributed by atoms with Crippen LogP contribution >= 0.6 is 0 Å². The van der Waals surface area contributed by atoms with E-state index in [0.29, 0.717) is 18.5 Å². The fraction of sp³-hybridized carbons (Fsp3) is 0.106. The Morgan fingerprint density at radius 1 is 0.561 bits per heavy atom. The number of non-ortho nitro benzene ring substituents is 2. The summed E-state index contributed by atoms with van der Waals surface area (Å²) in [4.78, 5) is 48.9. The number of nitro groups is 2. The summed E-state index contributed by atoms with van der Waals surface area (Å²) in [5.74, 6) is -1.32. The first-order valence-corrected chi connectivity index (χ1v) is 18.7. The predicted octanol–water partition coefficient (Wildman–Crippen LogP) is 10.3. The van der Waals surface area contributed by atoms with E-state index in [1.54, 1.807) is 30.3 Å². The van der Waals surface area contributed by atoms with Gasteiger partial charge < -0.3 is 10.6 Å². The van der Waals surface area contributed by atoms with Crippen molar-refractivity contribution in [2.75, 3.05) is 6.54 Å². The van der Waals surface area contributed by atoms with Crippen molar-refractivity contribution < 1.29 is 19.4 Å². The molecule has 0 bridgehead atoms. The molecule has 2 amide bonds. The number of benzene rings is 8. The number of nitro benzene ring substituents is 2. The molecule has 57 heavy (non-hydrogen) atoms. The first-order chi connectivity index (χ1) is 27.8. The number of carbonyl (C=O) groups excluding carboxylic acids is 2. The maximum atomic E-state index is 14.0. The van der Waals surface area contributed by atoms with Gasteiger partial charge in [-0.15, -0.1) is 0 Å². The summed E-state index contributed by atoms with van der Waals surface area (Å²) in [7, 11) is 0. The van der Waals surface area contributed by atoms with Crippen molar-refractivity contribution in [1.29, 1.82) is 0 Å². The van der Waals surface area contributed by atoms with Crippen molar-refractivity contribution in [2.24, 2.45) is 0 Å². The number of carbonyl (C=O) groups is 2. The molecule has 0 aromatic heterocycles. The highest BCUT2D eigenvalue weighted by Crippen LogP contribution is 2.57. The zero-order chi connectivity index (χ0) is 39.2. The summed E-state index contributed by atoms with van der Waals surface area (Å²) in [6, 6.07) is 44.6. The normalized spacial score (nSPS) is 12.7. The van der Waals surface area contributed by atoms with Crippen LogP contribution < -0.4 is 10.6 Å². The molecular formula is C47H34N4O6. The molecule has 0 heterocycles. The Morgan fingerprint density at radius 2 is 0.982 bits per heavy atom. The highest BCUT2D eigenvalue weighted by molar-refractivity contribution is 6.25. The lowest BCUT2D eigenvalue weighted by atomic mass is 9.85. The summed E-state index contributed by atoms with van der Waals surface area (Å²) in [5.41, 5.74) is 4.05. The van der Waals surface area contributed by atoms with Gasteiger partial charge in [0.1, 0.15) is 6.04 Å². The topological polar surface area (TPSA) is 144 Å². The van der Waals surface area contributed by atoms with Crippen molar-refractivity contribution in [3.05, 3.63) is 188 Å². The molecule has 8 aromatic rings. The Labute approximate surface area is 326 Å². The molecular weight excluding hydrogens is 717 g/mol. The SMILES string of the molecule is O=C(N[C@@H](C(=O)NCCCC1c2c(c3ccccc3c3ccccc23)-c2c1c1ccccc1c1ccccc21)c1ccccc1)c1cc([N+](=O)[O-])cc([N+](=O)[O-])c1. The largest absolute Gasteiger partial charge is 0.354 e. The summed E-state index contributed by atoms with van der Waals surface area (Å²) in [6.07, 6.45) is 1.34. The van der Waals surface area contributed by atoms with Crippen LogP contribution in [0.4, 0.5) is 11.4 Å². The number of fused-ring (bicyclic) bond motifs is 13. The van der Waals surface area contributed by atoms with Crippen LogP contribution in [0.5, 0.6) is 0 Å². The van der Waals surface area contributed by atoms with Gasteiger partial charge in [0.15, 0.2) is 0 Å². The molecule has 1 atom stereocenters. The Hall–Kier alpha value is -7.46. The summed E-state index contributed by atoms with van der Waals surface area (Å²) >= 11 is 0. The Morgan fingerprint density at radius 3 is 1.46 bits per heavy atom. The van der Waals surface area contributed by atoms with Gasteiger partial charge in [-0.2, -0.15) is 0 Å². The summed E-state index contributed by atoms with van der Waals surface area (Å²) in [5, 5.41) is 38.4. The van der Waals surface area contributed by atoms with Gasteiger partial charge in [0, 0.05) is 24.6 Å². The second-order valence-electron chi connectivity index (χ2n) is 14.3. The lowest BCUT2D eigenvalue weighted by molar-refractivity contribution is -0.394. The minimum Gasteiger partial charge on any atom is -0.354 e. The van der Waals surface area contributed by atoms with Crippen molar-refractivity contribution in [3.8, 4) is 11.1 Å². The number of rotatable bonds is 10. The van der Waals surface area contributed by atoms with E-state index in [1.165, 1.54) is 65.3 Å². The molecule has 0 radical (unpaired) electrons. The zero-order valence-electron chi connectivity index (χ0n) is 30.5. The molecule has 10 heteroatoms. The molecule has 0 saturated carbocycles. The van der Waals surface area contributed by atoms with Gasteiger partial charge in [-0.3, -0.25) is 29.8 Å². The summed E-state index contributed by atoms with van der Waals surface area (Å²) in [6.45, 7) is 0.304. The van der Waals surface area contributed by atoms with E-state index in [1.807, 2.05) is 0 Å². The molecule has 0 aliphatic heterocycles. The maximum absolute atomic E-state index is 14.0. The second kappa shape index (κ2) is 14.3. The van der Waals surface area contributed by atoms with Crippen molar-refractivity contribution in [2.45, 2.75) is 24.8 Å². The smallest absolute Gasteiger partial charge is 0.277 e. The number of hydrogen-bond acceptors (Lipinski definition) is 6. The van der Waals surface area contributed by atoms with Gasteiger partial charge in [0.25, 0.3) is 17.3 Å². The van der Waals surface area contributed by atoms with Gasteiger partial charge in [-0.05, 0) is 83.7 Å². The van der Waals surface area contributed by atoms with E-state index >= 15 is 0 Å². The zero-order valence-corrected chi connectivity index (χ0v) is 30.5. The second-order valence-corrected chi connectivity index (χ2v) is 14.3. The lowest BCUT2D eigenvalue weighted by Gasteiger charge is -2.21. The van der Waals surface area contributed by atoms with E-state index in [0.717, 1.165) is 24.6 Å². The number of nitrogens with one attached hydrogen (secondary N) is 2. The average molecular weight is 751 g/mol. The van der Waals surface area contributed by atoms with Crippen LogP contribution in [0.1, 0.15) is 51.8 Å². The molecule has 10 nitrogen and oxygen atoms in total. The Bertz CT molecular complexity index is 2810. The predicted molar refractivity (Wildman–Crippen MR) is 222 cm³/mol. The van der Waals surface area contributed by atoms with E-state index < -0.39 is 39.1 Å². The van der Waals surface area contributed by atoms with Crippen LogP contribution in [-0.4, -0.2) is 28.2 Å². The third-order valence-electron chi connectivity index (χ3n) is 11.1. The van der Waals surface area contributed by atoms with Gasteiger partial charge >= 0.3 is 0 Å². The first-order valence-electron chi connectivity index (χ1n) is 18.7. The minimum absolute atomic E-state index is 0.0187. The van der Waals surface area contributed by atoms with Crippen LogP contribution in [0, 0.1) is 20.2 Å². The van der Waals surface area contributed by atoms with Gasteiger partial charge in [0.2, 0.25) is 5.91 Å². The van der Waals surface area contributed by atoms with Crippen LogP contribution in [0.2, 0.25) is 0 Å². The van der Waals surface area contributed by atoms with Crippen LogP contribution in [0.25, 0.3) is 54.2 Å². The molecule has 1 aliphatic rings. The van der Waals surface area contributed by atoms with Gasteiger partial charge in [-0.1, -0.05) is 127 Å². The number of amides is 2. The maximum Gasteiger partial charge on any atom is 0.277 e. The fourth-order valence-corrected chi connectivity index (χ4v) is 8.75. The molecule has 1 aliphatic carbocycles. The van der Waals surface area contributed by atoms with Crippen LogP contribution in [0.15, 0.2) is 146 Å². The third-order valence-corrected chi connectivity index (χ3v) is 11.1. The van der Waals surface area contributed by atoms with E-state index in [2.05, 4.69) is 108 Å². The Kier molecular flexibility index (Phi) is 8.85. The minimum atomic E-state index is -1.17. The number of nitrogens with zero attached hydrogens (tertiary/aromatic N) is 2. The molecule has 0 fully saturated rings. The van der Waals surface area contributed by atoms with E-state index in [9.17, 15) is 29.8 Å².